The molecule has 1 heterocycles. The molecule has 0 aliphatic carbocycles. The van der Waals surface area contributed by atoms with E-state index in [1.54, 1.807) is 13.8 Å². The highest BCUT2D eigenvalue weighted by molar-refractivity contribution is 5.95. The van der Waals surface area contributed by atoms with Gasteiger partial charge in [-0.05, 0) is 20.3 Å². The number of hydrogen-bond acceptors (Lipinski definition) is 5. The van der Waals surface area contributed by atoms with Crippen molar-refractivity contribution in [2.24, 2.45) is 0 Å². The van der Waals surface area contributed by atoms with Gasteiger partial charge in [0.1, 0.15) is 5.54 Å². The van der Waals surface area contributed by atoms with Crippen LogP contribution in [0.4, 0.5) is 0 Å². The van der Waals surface area contributed by atoms with Crippen molar-refractivity contribution in [1.82, 2.24) is 10.5 Å². The Kier molecular flexibility index (Phi) is 4.47. The van der Waals surface area contributed by atoms with Gasteiger partial charge in [0.2, 0.25) is 5.76 Å². The molecule has 1 N–H and O–H groups in total. The van der Waals surface area contributed by atoms with Gasteiger partial charge < -0.3 is 14.6 Å². The number of nitrogens with zero attached hydrogens (tertiary/aromatic N) is 1. The van der Waals surface area contributed by atoms with E-state index in [0.717, 1.165) is 6.42 Å². The first-order valence-electron chi connectivity index (χ1n) is 5.77. The van der Waals surface area contributed by atoms with Crippen molar-refractivity contribution in [2.45, 2.75) is 39.2 Å². The number of rotatable bonds is 5. The van der Waals surface area contributed by atoms with Crippen LogP contribution in [0.2, 0.25) is 0 Å². The van der Waals surface area contributed by atoms with Crippen molar-refractivity contribution in [3.8, 4) is 0 Å². The van der Waals surface area contributed by atoms with Gasteiger partial charge in [0.25, 0.3) is 5.91 Å². The van der Waals surface area contributed by atoms with E-state index >= 15 is 0 Å². The molecule has 0 aromatic carbocycles. The summed E-state index contributed by atoms with van der Waals surface area (Å²) in [6, 6.07) is 1.51. The zero-order chi connectivity index (χ0) is 13.8. The number of nitrogens with one attached hydrogen (secondary N) is 1. The monoisotopic (exact) mass is 254 g/mol. The van der Waals surface area contributed by atoms with Crippen LogP contribution in [-0.4, -0.2) is 29.7 Å². The molecule has 18 heavy (non-hydrogen) atoms. The number of hydrogen-bond donors (Lipinski definition) is 1. The Morgan fingerprint density at radius 1 is 1.56 bits per heavy atom. The van der Waals surface area contributed by atoms with Gasteiger partial charge in [-0.3, -0.25) is 4.79 Å². The predicted molar refractivity (Wildman–Crippen MR) is 64.0 cm³/mol. The van der Waals surface area contributed by atoms with Gasteiger partial charge >= 0.3 is 5.97 Å². The quantitative estimate of drug-likeness (QED) is 0.804. The molecular weight excluding hydrogens is 236 g/mol. The van der Waals surface area contributed by atoms with E-state index in [2.05, 4.69) is 10.5 Å². The minimum Gasteiger partial charge on any atom is -0.467 e. The van der Waals surface area contributed by atoms with Crippen LogP contribution in [0.3, 0.4) is 0 Å². The van der Waals surface area contributed by atoms with Crippen LogP contribution >= 0.6 is 0 Å². The Morgan fingerprint density at radius 2 is 2.22 bits per heavy atom. The fourth-order valence-corrected chi connectivity index (χ4v) is 1.72. The third-order valence-corrected chi connectivity index (χ3v) is 2.63. The third kappa shape index (κ3) is 3.09. The first kappa shape index (κ1) is 14.2. The average molecular weight is 254 g/mol. The molecule has 0 aliphatic heterocycles. The Morgan fingerprint density at radius 3 is 2.67 bits per heavy atom. The largest absolute Gasteiger partial charge is 0.467 e. The van der Waals surface area contributed by atoms with Crippen LogP contribution in [0.1, 0.15) is 42.9 Å². The maximum absolute atomic E-state index is 11.9. The molecule has 1 rings (SSSR count). The van der Waals surface area contributed by atoms with Crippen molar-refractivity contribution in [3.63, 3.8) is 0 Å². The van der Waals surface area contributed by atoms with Crippen LogP contribution in [0.5, 0.6) is 0 Å². The van der Waals surface area contributed by atoms with E-state index in [4.69, 9.17) is 9.26 Å². The zero-order valence-electron chi connectivity index (χ0n) is 11.1. The summed E-state index contributed by atoms with van der Waals surface area (Å²) in [5.74, 6) is -0.871. The lowest BCUT2D eigenvalue weighted by Gasteiger charge is -2.26. The smallest absolute Gasteiger partial charge is 0.331 e. The van der Waals surface area contributed by atoms with Gasteiger partial charge in [-0.15, -0.1) is 0 Å². The summed E-state index contributed by atoms with van der Waals surface area (Å²) in [5, 5.41) is 6.25. The molecule has 100 valence electrons. The first-order valence-corrected chi connectivity index (χ1v) is 5.77. The minimum absolute atomic E-state index is 0.0822. The SMILES string of the molecule is CCC[C@@](C)(NC(=O)c1cc(C)no1)C(=O)OC. The number of amides is 1. The molecule has 1 atom stereocenters. The van der Waals surface area contributed by atoms with Crippen LogP contribution in [0, 0.1) is 6.92 Å². The van der Waals surface area contributed by atoms with Gasteiger partial charge in [-0.2, -0.15) is 0 Å². The number of carbonyl (C=O) groups is 2. The topological polar surface area (TPSA) is 81.4 Å². The van der Waals surface area contributed by atoms with Crippen molar-refractivity contribution >= 4 is 11.9 Å². The van der Waals surface area contributed by atoms with Gasteiger partial charge in [-0.1, -0.05) is 18.5 Å². The number of carbonyl (C=O) groups excluding carboxylic acids is 2. The molecule has 0 saturated carbocycles. The van der Waals surface area contributed by atoms with Crippen LogP contribution in [0.25, 0.3) is 0 Å². The molecule has 0 bridgehead atoms. The normalized spacial score (nSPS) is 13.8. The number of methoxy groups -OCH3 is 1. The minimum atomic E-state index is -1.05. The highest BCUT2D eigenvalue weighted by Crippen LogP contribution is 2.15. The maximum Gasteiger partial charge on any atom is 0.331 e. The van der Waals surface area contributed by atoms with E-state index in [9.17, 15) is 9.59 Å². The van der Waals surface area contributed by atoms with Crippen molar-refractivity contribution in [3.05, 3.63) is 17.5 Å². The fourth-order valence-electron chi connectivity index (χ4n) is 1.72. The maximum atomic E-state index is 11.9. The number of ether oxygens (including phenoxy) is 1. The summed E-state index contributed by atoms with van der Waals surface area (Å²) >= 11 is 0. The number of aromatic nitrogens is 1. The summed E-state index contributed by atoms with van der Waals surface area (Å²) in [7, 11) is 1.29. The van der Waals surface area contributed by atoms with E-state index in [1.165, 1.54) is 13.2 Å². The number of aryl methyl sites for hydroxylation is 1. The van der Waals surface area contributed by atoms with Crippen LogP contribution in [-0.2, 0) is 9.53 Å². The van der Waals surface area contributed by atoms with Crippen LogP contribution in [0.15, 0.2) is 10.6 Å². The van der Waals surface area contributed by atoms with Gasteiger partial charge in [-0.25, -0.2) is 4.79 Å². The molecule has 0 fully saturated rings. The molecule has 0 spiro atoms. The standard InChI is InChI=1S/C12H18N2O4/c1-5-6-12(3,11(16)17-4)13-10(15)9-7-8(2)14-18-9/h7H,5-6H2,1-4H3,(H,13,15)/t12-/m1/s1. The summed E-state index contributed by atoms with van der Waals surface area (Å²) in [4.78, 5) is 23.6. The number of esters is 1. The second-order valence-corrected chi connectivity index (χ2v) is 4.36. The molecular formula is C12H18N2O4. The Labute approximate surface area is 106 Å². The summed E-state index contributed by atoms with van der Waals surface area (Å²) in [6.07, 6.45) is 1.22. The van der Waals surface area contributed by atoms with Gasteiger partial charge in [0, 0.05) is 6.07 Å². The lowest BCUT2D eigenvalue weighted by atomic mass is 9.96. The highest BCUT2D eigenvalue weighted by atomic mass is 16.5. The second kappa shape index (κ2) is 5.66. The van der Waals surface area contributed by atoms with Crippen LogP contribution < -0.4 is 5.32 Å². The van der Waals surface area contributed by atoms with E-state index in [-0.39, 0.29) is 5.76 Å². The van der Waals surface area contributed by atoms with Crippen molar-refractivity contribution in [2.75, 3.05) is 7.11 Å². The average Bonchev–Trinajstić information content (AvgIpc) is 2.75. The predicted octanol–water partition coefficient (Wildman–Crippen LogP) is 1.44. The second-order valence-electron chi connectivity index (χ2n) is 4.36. The molecule has 1 amide bonds. The molecule has 0 radical (unpaired) electrons. The molecule has 1 aromatic rings. The fraction of sp³-hybridized carbons (Fsp3) is 0.583. The van der Waals surface area contributed by atoms with Crippen molar-refractivity contribution < 1.29 is 18.8 Å². The van der Waals surface area contributed by atoms with E-state index in [1.807, 2.05) is 6.92 Å². The Balaban J connectivity index is 2.84. The lowest BCUT2D eigenvalue weighted by molar-refractivity contribution is -0.147. The molecule has 0 aliphatic rings. The van der Waals surface area contributed by atoms with Crippen molar-refractivity contribution in [1.29, 1.82) is 0 Å². The molecule has 6 heteroatoms. The molecule has 6 nitrogen and oxygen atoms in total. The third-order valence-electron chi connectivity index (χ3n) is 2.63. The Hall–Kier alpha value is -1.85. The summed E-state index contributed by atoms with van der Waals surface area (Å²) < 4.78 is 9.56. The summed E-state index contributed by atoms with van der Waals surface area (Å²) in [6.45, 7) is 5.27. The van der Waals surface area contributed by atoms with Gasteiger partial charge in [0.05, 0.1) is 12.8 Å². The lowest BCUT2D eigenvalue weighted by Crippen LogP contribution is -2.52. The van der Waals surface area contributed by atoms with E-state index < -0.39 is 17.4 Å². The first-order chi connectivity index (χ1) is 8.42. The molecule has 0 saturated heterocycles. The van der Waals surface area contributed by atoms with E-state index in [0.29, 0.717) is 12.1 Å². The zero-order valence-corrected chi connectivity index (χ0v) is 11.1. The molecule has 1 aromatic heterocycles. The Bertz CT molecular complexity index is 441. The molecule has 0 unspecified atom stereocenters. The highest BCUT2D eigenvalue weighted by Gasteiger charge is 2.36. The summed E-state index contributed by atoms with van der Waals surface area (Å²) in [5.41, 5.74) is -0.447. The van der Waals surface area contributed by atoms with Gasteiger partial charge in [0.15, 0.2) is 0 Å².